The second-order valence-electron chi connectivity index (χ2n) is 5.41. The van der Waals surface area contributed by atoms with Crippen molar-refractivity contribution in [1.29, 1.82) is 0 Å². The van der Waals surface area contributed by atoms with Crippen LogP contribution in [-0.4, -0.2) is 15.9 Å². The Morgan fingerprint density at radius 1 is 1.11 bits per heavy atom. The zero-order valence-electron chi connectivity index (χ0n) is 13.6. The Bertz CT molecular complexity index is 1030. The third-order valence-corrected chi connectivity index (χ3v) is 3.46. The SMILES string of the molecule is O=C(C#Cc1ccccc1)Nc1cc(-c2ncc(C(F)(F)F)[nH]2)ccc1F. The van der Waals surface area contributed by atoms with Gasteiger partial charge in [-0.25, -0.2) is 9.37 Å². The highest BCUT2D eigenvalue weighted by atomic mass is 19.4. The third kappa shape index (κ3) is 4.52. The van der Waals surface area contributed by atoms with Crippen molar-refractivity contribution in [2.45, 2.75) is 6.18 Å². The lowest BCUT2D eigenvalue weighted by Crippen LogP contribution is -2.10. The number of halogens is 4. The minimum Gasteiger partial charge on any atom is -0.334 e. The molecule has 0 unspecified atom stereocenters. The Balaban J connectivity index is 1.81. The Kier molecular flexibility index (Phi) is 4.94. The maximum absolute atomic E-state index is 13.9. The zero-order chi connectivity index (χ0) is 19.4. The molecule has 0 aliphatic carbocycles. The summed E-state index contributed by atoms with van der Waals surface area (Å²) in [6.07, 6.45) is -3.93. The van der Waals surface area contributed by atoms with Crippen molar-refractivity contribution < 1.29 is 22.4 Å². The van der Waals surface area contributed by atoms with Crippen LogP contribution in [0, 0.1) is 17.7 Å². The van der Waals surface area contributed by atoms with Gasteiger partial charge in [-0.2, -0.15) is 13.2 Å². The summed E-state index contributed by atoms with van der Waals surface area (Å²) in [4.78, 5) is 17.7. The number of aromatic nitrogens is 2. The molecule has 0 saturated carbocycles. The quantitative estimate of drug-likeness (QED) is 0.522. The normalized spacial score (nSPS) is 10.8. The first-order valence-electron chi connectivity index (χ1n) is 7.63. The van der Waals surface area contributed by atoms with Crippen LogP contribution < -0.4 is 5.32 Å². The van der Waals surface area contributed by atoms with E-state index in [2.05, 4.69) is 27.1 Å². The van der Waals surface area contributed by atoms with Gasteiger partial charge in [0.1, 0.15) is 17.3 Å². The number of carbonyl (C=O) groups is 1. The highest BCUT2D eigenvalue weighted by molar-refractivity contribution is 6.04. The van der Waals surface area contributed by atoms with E-state index in [1.807, 2.05) is 0 Å². The first-order valence-corrected chi connectivity index (χ1v) is 7.63. The van der Waals surface area contributed by atoms with E-state index in [0.29, 0.717) is 11.8 Å². The molecule has 0 saturated heterocycles. The monoisotopic (exact) mass is 373 g/mol. The number of rotatable bonds is 2. The number of aromatic amines is 1. The molecular weight excluding hydrogens is 362 g/mol. The summed E-state index contributed by atoms with van der Waals surface area (Å²) in [5, 5.41) is 2.28. The van der Waals surface area contributed by atoms with Gasteiger partial charge in [0.15, 0.2) is 0 Å². The minimum absolute atomic E-state index is 0.104. The standard InChI is InChI=1S/C19H11F4N3O/c20-14-8-7-13(18-24-11-16(26-18)19(21,22)23)10-15(14)25-17(27)9-6-12-4-2-1-3-5-12/h1-5,7-8,10-11H,(H,24,26)(H,25,27). The molecule has 3 rings (SSSR count). The maximum atomic E-state index is 13.9. The summed E-state index contributed by atoms with van der Waals surface area (Å²) >= 11 is 0. The molecule has 1 aromatic heterocycles. The molecule has 0 aliphatic rings. The van der Waals surface area contributed by atoms with Crippen molar-refractivity contribution in [3.63, 3.8) is 0 Å². The fourth-order valence-electron chi connectivity index (χ4n) is 2.18. The summed E-state index contributed by atoms with van der Waals surface area (Å²) < 4.78 is 51.9. The van der Waals surface area contributed by atoms with Gasteiger partial charge in [0.25, 0.3) is 0 Å². The average molecular weight is 373 g/mol. The summed E-state index contributed by atoms with van der Waals surface area (Å²) in [6, 6.07) is 12.2. The van der Waals surface area contributed by atoms with E-state index in [1.165, 1.54) is 12.1 Å². The van der Waals surface area contributed by atoms with E-state index in [4.69, 9.17) is 0 Å². The lowest BCUT2D eigenvalue weighted by molar-refractivity contribution is -0.140. The van der Waals surface area contributed by atoms with Crippen LogP contribution in [0.15, 0.2) is 54.7 Å². The van der Waals surface area contributed by atoms with Crippen molar-refractivity contribution in [3.8, 4) is 23.2 Å². The van der Waals surface area contributed by atoms with Crippen molar-refractivity contribution in [2.75, 3.05) is 5.32 Å². The largest absolute Gasteiger partial charge is 0.432 e. The van der Waals surface area contributed by atoms with Crippen molar-refractivity contribution in [3.05, 3.63) is 71.8 Å². The molecule has 2 N–H and O–H groups in total. The van der Waals surface area contributed by atoms with E-state index in [0.717, 1.165) is 6.07 Å². The fraction of sp³-hybridized carbons (Fsp3) is 0.0526. The Labute approximate surface area is 151 Å². The first-order chi connectivity index (χ1) is 12.8. The summed E-state index contributed by atoms with van der Waals surface area (Å²) in [6.45, 7) is 0. The molecule has 0 fully saturated rings. The van der Waals surface area contributed by atoms with Crippen LogP contribution in [-0.2, 0) is 11.0 Å². The van der Waals surface area contributed by atoms with Gasteiger partial charge >= 0.3 is 12.1 Å². The van der Waals surface area contributed by atoms with Crippen LogP contribution in [0.1, 0.15) is 11.3 Å². The predicted octanol–water partition coefficient (Wildman–Crippen LogP) is 4.22. The number of benzene rings is 2. The second-order valence-corrected chi connectivity index (χ2v) is 5.41. The molecule has 1 heterocycles. The Morgan fingerprint density at radius 2 is 1.85 bits per heavy atom. The third-order valence-electron chi connectivity index (χ3n) is 3.46. The highest BCUT2D eigenvalue weighted by Gasteiger charge is 2.33. The molecule has 0 atom stereocenters. The number of alkyl halides is 3. The number of amides is 1. The average Bonchev–Trinajstić information content (AvgIpc) is 3.13. The second kappa shape index (κ2) is 7.33. The van der Waals surface area contributed by atoms with Crippen LogP contribution >= 0.6 is 0 Å². The van der Waals surface area contributed by atoms with Gasteiger partial charge in [-0.1, -0.05) is 24.1 Å². The number of carbonyl (C=O) groups excluding carboxylic acids is 1. The number of hydrogen-bond donors (Lipinski definition) is 2. The first kappa shape index (κ1) is 18.2. The molecule has 27 heavy (non-hydrogen) atoms. The zero-order valence-corrected chi connectivity index (χ0v) is 13.6. The summed E-state index contributed by atoms with van der Waals surface area (Å²) in [7, 11) is 0. The van der Waals surface area contributed by atoms with E-state index in [1.54, 1.807) is 30.3 Å². The Morgan fingerprint density at radius 3 is 2.52 bits per heavy atom. The van der Waals surface area contributed by atoms with Gasteiger partial charge in [0.2, 0.25) is 0 Å². The van der Waals surface area contributed by atoms with Gasteiger partial charge in [0.05, 0.1) is 11.9 Å². The molecule has 1 amide bonds. The van der Waals surface area contributed by atoms with Crippen LogP contribution in [0.2, 0.25) is 0 Å². The van der Waals surface area contributed by atoms with Crippen molar-refractivity contribution >= 4 is 11.6 Å². The van der Waals surface area contributed by atoms with Crippen LogP contribution in [0.25, 0.3) is 11.4 Å². The van der Waals surface area contributed by atoms with Gasteiger partial charge in [-0.05, 0) is 30.3 Å². The molecule has 4 nitrogen and oxygen atoms in total. The topological polar surface area (TPSA) is 57.8 Å². The molecule has 0 aliphatic heterocycles. The van der Waals surface area contributed by atoms with Crippen molar-refractivity contribution in [1.82, 2.24) is 9.97 Å². The Hall–Kier alpha value is -3.60. The smallest absolute Gasteiger partial charge is 0.334 e. The molecule has 0 bridgehead atoms. The van der Waals surface area contributed by atoms with Gasteiger partial charge in [-0.15, -0.1) is 0 Å². The number of hydrogen-bond acceptors (Lipinski definition) is 2. The molecule has 2 aromatic carbocycles. The van der Waals surface area contributed by atoms with Crippen LogP contribution in [0.3, 0.4) is 0 Å². The van der Waals surface area contributed by atoms with Gasteiger partial charge in [-0.3, -0.25) is 4.79 Å². The number of nitrogens with zero attached hydrogens (tertiary/aromatic N) is 1. The lowest BCUT2D eigenvalue weighted by atomic mass is 10.2. The number of nitrogens with one attached hydrogen (secondary N) is 2. The van der Waals surface area contributed by atoms with Crippen LogP contribution in [0.5, 0.6) is 0 Å². The maximum Gasteiger partial charge on any atom is 0.432 e. The van der Waals surface area contributed by atoms with E-state index in [9.17, 15) is 22.4 Å². The molecule has 0 spiro atoms. The summed E-state index contributed by atoms with van der Waals surface area (Å²) in [5.41, 5.74) is -0.457. The highest BCUT2D eigenvalue weighted by Crippen LogP contribution is 2.30. The van der Waals surface area contributed by atoms with E-state index >= 15 is 0 Å². The minimum atomic E-state index is -4.57. The fourth-order valence-corrected chi connectivity index (χ4v) is 2.18. The molecule has 3 aromatic rings. The molecule has 0 radical (unpaired) electrons. The van der Waals surface area contributed by atoms with Crippen LogP contribution in [0.4, 0.5) is 23.2 Å². The number of imidazole rings is 1. The number of anilines is 1. The number of H-pyrrole nitrogens is 1. The lowest BCUT2D eigenvalue weighted by Gasteiger charge is -2.06. The van der Waals surface area contributed by atoms with Gasteiger partial charge < -0.3 is 10.3 Å². The van der Waals surface area contributed by atoms with Crippen molar-refractivity contribution in [2.24, 2.45) is 0 Å². The van der Waals surface area contributed by atoms with Gasteiger partial charge in [0, 0.05) is 17.0 Å². The molecular formula is C19H11F4N3O. The summed E-state index contributed by atoms with van der Waals surface area (Å²) in [5.74, 6) is 3.33. The molecule has 136 valence electrons. The van der Waals surface area contributed by atoms with E-state index < -0.39 is 23.6 Å². The van der Waals surface area contributed by atoms with E-state index in [-0.39, 0.29) is 17.1 Å². The predicted molar refractivity (Wildman–Crippen MR) is 90.9 cm³/mol. The molecule has 8 heteroatoms.